The second-order valence-electron chi connectivity index (χ2n) is 12.5. The summed E-state index contributed by atoms with van der Waals surface area (Å²) < 4.78 is 3.39. The molecule has 1 aliphatic heterocycles. The Labute approximate surface area is 242 Å². The third-order valence-electron chi connectivity index (χ3n) is 8.69. The highest BCUT2D eigenvalue weighted by Crippen LogP contribution is 2.36. The molecule has 0 atom stereocenters. The lowest BCUT2D eigenvalue weighted by atomic mass is 9.81. The van der Waals surface area contributed by atoms with Crippen LogP contribution in [0.5, 0.6) is 0 Å². The van der Waals surface area contributed by atoms with Gasteiger partial charge in [0.1, 0.15) is 5.39 Å². The first-order valence-electron chi connectivity index (χ1n) is 15.0. The maximum absolute atomic E-state index is 13.3. The number of pyridine rings is 1. The molecule has 0 unspecified atom stereocenters. The molecule has 1 saturated heterocycles. The molecule has 41 heavy (non-hydrogen) atoms. The van der Waals surface area contributed by atoms with Gasteiger partial charge in [-0.2, -0.15) is 4.98 Å². The molecule has 1 aliphatic carbocycles. The Balaban J connectivity index is 1.24. The van der Waals surface area contributed by atoms with Crippen LogP contribution in [0.15, 0.2) is 66.1 Å². The minimum absolute atomic E-state index is 0.135. The molecule has 0 radical (unpaired) electrons. The lowest BCUT2D eigenvalue weighted by Crippen LogP contribution is -2.35. The molecule has 4 aromatic rings. The summed E-state index contributed by atoms with van der Waals surface area (Å²) in [6, 6.07) is 15.4. The Morgan fingerprint density at radius 1 is 1.00 bits per heavy atom. The molecule has 6 rings (SSSR count). The van der Waals surface area contributed by atoms with Gasteiger partial charge in [0.25, 0.3) is 5.56 Å². The van der Waals surface area contributed by atoms with Crippen LogP contribution in [0.3, 0.4) is 0 Å². The Morgan fingerprint density at radius 2 is 1.73 bits per heavy atom. The number of rotatable bonds is 7. The zero-order chi connectivity index (χ0) is 28.6. The van der Waals surface area contributed by atoms with Crippen molar-refractivity contribution in [3.05, 3.63) is 82.9 Å². The van der Waals surface area contributed by atoms with E-state index in [1.165, 1.54) is 57.2 Å². The van der Waals surface area contributed by atoms with Crippen molar-refractivity contribution < 1.29 is 0 Å². The van der Waals surface area contributed by atoms with Gasteiger partial charge in [-0.15, -0.1) is 6.58 Å². The van der Waals surface area contributed by atoms with E-state index < -0.39 is 0 Å². The molecular weight excluding hydrogens is 510 g/mol. The van der Waals surface area contributed by atoms with Crippen LogP contribution in [0, 0.1) is 0 Å². The molecule has 0 spiro atoms. The summed E-state index contributed by atoms with van der Waals surface area (Å²) in [6.07, 6.45) is 11.2. The van der Waals surface area contributed by atoms with Crippen LogP contribution in [0.2, 0.25) is 0 Å². The Bertz CT molecular complexity index is 1580. The number of hydrogen-bond donors (Lipinski definition) is 1. The standard InChI is InChI=1S/C33H41N7O/c1-5-19-39-31(41)27-22-34-32(37-30(27)40(39)29-10-8-9-28(36-29)33(2,3)4)35-25-15-11-23(12-16-25)24-13-17-26(18-14-24)38-20-6-7-21-38/h5,8-12,15-16,22,24,26H,1,6-7,13-14,17-21H2,2-4H3,(H,34,35,37). The highest BCUT2D eigenvalue weighted by Gasteiger charge is 2.28. The third kappa shape index (κ3) is 5.58. The van der Waals surface area contributed by atoms with Crippen LogP contribution in [0.4, 0.5) is 11.6 Å². The minimum atomic E-state index is -0.168. The van der Waals surface area contributed by atoms with Crippen molar-refractivity contribution in [1.29, 1.82) is 0 Å². The van der Waals surface area contributed by atoms with Crippen molar-refractivity contribution in [3.63, 3.8) is 0 Å². The second kappa shape index (κ2) is 11.2. The van der Waals surface area contributed by atoms with Crippen LogP contribution in [0.25, 0.3) is 16.9 Å². The van der Waals surface area contributed by atoms with Crippen LogP contribution in [-0.2, 0) is 12.0 Å². The first-order valence-corrected chi connectivity index (χ1v) is 15.0. The van der Waals surface area contributed by atoms with Crippen LogP contribution >= 0.6 is 0 Å². The molecule has 2 fully saturated rings. The summed E-state index contributed by atoms with van der Waals surface area (Å²) in [5.41, 5.74) is 3.48. The molecule has 4 heterocycles. The number of allylic oxidation sites excluding steroid dienone is 1. The zero-order valence-electron chi connectivity index (χ0n) is 24.5. The molecular formula is C33H41N7O. The Kier molecular flexibility index (Phi) is 7.51. The third-order valence-corrected chi connectivity index (χ3v) is 8.69. The first-order chi connectivity index (χ1) is 19.8. The molecule has 8 heteroatoms. The number of benzene rings is 1. The van der Waals surface area contributed by atoms with E-state index in [2.05, 4.69) is 66.8 Å². The van der Waals surface area contributed by atoms with Crippen molar-refractivity contribution >= 4 is 22.7 Å². The smallest absolute Gasteiger partial charge is 0.278 e. The van der Waals surface area contributed by atoms with E-state index in [4.69, 9.17) is 9.97 Å². The number of nitrogens with zero attached hydrogens (tertiary/aromatic N) is 6. The van der Waals surface area contributed by atoms with Crippen molar-refractivity contribution in [2.75, 3.05) is 18.4 Å². The SMILES string of the molecule is C=CCn1c(=O)c2cnc(Nc3ccc(C4CCC(N5CCCC5)CC4)cc3)nc2n1-c1cccc(C(C)(C)C)n1. The van der Waals surface area contributed by atoms with Crippen molar-refractivity contribution in [1.82, 2.24) is 29.2 Å². The van der Waals surface area contributed by atoms with Gasteiger partial charge in [-0.25, -0.2) is 19.3 Å². The fourth-order valence-corrected chi connectivity index (χ4v) is 6.42. The Hall–Kier alpha value is -3.78. The van der Waals surface area contributed by atoms with Crippen molar-refractivity contribution in [2.45, 2.75) is 83.2 Å². The quantitative estimate of drug-likeness (QED) is 0.271. The van der Waals surface area contributed by atoms with Gasteiger partial charge in [-0.1, -0.05) is 45.0 Å². The van der Waals surface area contributed by atoms with Gasteiger partial charge >= 0.3 is 0 Å². The first kappa shape index (κ1) is 27.4. The molecule has 0 bridgehead atoms. The Morgan fingerprint density at radius 3 is 2.41 bits per heavy atom. The van der Waals surface area contributed by atoms with Gasteiger partial charge in [-0.3, -0.25) is 4.79 Å². The number of hydrogen-bond acceptors (Lipinski definition) is 6. The van der Waals surface area contributed by atoms with Crippen molar-refractivity contribution in [3.8, 4) is 5.82 Å². The lowest BCUT2D eigenvalue weighted by Gasteiger charge is -2.34. The van der Waals surface area contributed by atoms with Crippen LogP contribution < -0.4 is 10.9 Å². The average Bonchev–Trinajstić information content (AvgIpc) is 3.61. The molecule has 1 N–H and O–H groups in total. The maximum atomic E-state index is 13.3. The van der Waals surface area contributed by atoms with E-state index in [1.807, 2.05) is 18.2 Å². The predicted molar refractivity (Wildman–Crippen MR) is 165 cm³/mol. The molecule has 0 amide bonds. The number of fused-ring (bicyclic) bond motifs is 1. The highest BCUT2D eigenvalue weighted by atomic mass is 16.1. The summed E-state index contributed by atoms with van der Waals surface area (Å²) in [4.78, 5) is 30.2. The molecule has 1 saturated carbocycles. The van der Waals surface area contributed by atoms with Crippen LogP contribution in [0.1, 0.15) is 76.5 Å². The number of likely N-dealkylation sites (tertiary alicyclic amines) is 1. The molecule has 214 valence electrons. The second-order valence-corrected chi connectivity index (χ2v) is 12.5. The zero-order valence-corrected chi connectivity index (χ0v) is 24.5. The average molecular weight is 552 g/mol. The fourth-order valence-electron chi connectivity index (χ4n) is 6.42. The van der Waals surface area contributed by atoms with E-state index >= 15 is 0 Å². The fraction of sp³-hybridized carbons (Fsp3) is 0.455. The van der Waals surface area contributed by atoms with Gasteiger partial charge in [0, 0.05) is 29.0 Å². The summed E-state index contributed by atoms with van der Waals surface area (Å²) in [6.45, 7) is 13.1. The van der Waals surface area contributed by atoms with Gasteiger partial charge in [0.05, 0.1) is 6.54 Å². The van der Waals surface area contributed by atoms with Gasteiger partial charge in [-0.05, 0) is 87.4 Å². The summed E-state index contributed by atoms with van der Waals surface area (Å²) in [5, 5.41) is 3.80. The summed E-state index contributed by atoms with van der Waals surface area (Å²) >= 11 is 0. The lowest BCUT2D eigenvalue weighted by molar-refractivity contribution is 0.182. The van der Waals surface area contributed by atoms with Gasteiger partial charge in [0.2, 0.25) is 5.95 Å². The number of aromatic nitrogens is 5. The molecule has 8 nitrogen and oxygen atoms in total. The normalized spacial score (nSPS) is 20.0. The maximum Gasteiger partial charge on any atom is 0.278 e. The predicted octanol–water partition coefficient (Wildman–Crippen LogP) is 6.33. The van der Waals surface area contributed by atoms with E-state index in [9.17, 15) is 4.79 Å². The molecule has 3 aromatic heterocycles. The van der Waals surface area contributed by atoms with E-state index in [0.29, 0.717) is 35.3 Å². The molecule has 2 aliphatic rings. The number of anilines is 2. The van der Waals surface area contributed by atoms with Gasteiger partial charge < -0.3 is 10.2 Å². The summed E-state index contributed by atoms with van der Waals surface area (Å²) in [5.74, 6) is 1.71. The van der Waals surface area contributed by atoms with Gasteiger partial charge in [0.15, 0.2) is 11.5 Å². The summed E-state index contributed by atoms with van der Waals surface area (Å²) in [7, 11) is 0. The molecule has 1 aromatic carbocycles. The number of nitrogens with one attached hydrogen (secondary N) is 1. The minimum Gasteiger partial charge on any atom is -0.324 e. The van der Waals surface area contributed by atoms with E-state index in [0.717, 1.165) is 17.4 Å². The van der Waals surface area contributed by atoms with Crippen molar-refractivity contribution in [2.24, 2.45) is 0 Å². The highest BCUT2D eigenvalue weighted by molar-refractivity contribution is 5.77. The largest absolute Gasteiger partial charge is 0.324 e. The monoisotopic (exact) mass is 551 g/mol. The van der Waals surface area contributed by atoms with Crippen LogP contribution in [-0.4, -0.2) is 48.3 Å². The topological polar surface area (TPSA) is 80.9 Å². The van der Waals surface area contributed by atoms with E-state index in [1.54, 1.807) is 21.6 Å². The van der Waals surface area contributed by atoms with E-state index in [-0.39, 0.29) is 11.0 Å².